The number of nitrogens with two attached hydrogens (primary N) is 1. The van der Waals surface area contributed by atoms with Crippen molar-refractivity contribution in [2.75, 3.05) is 19.8 Å². The second-order valence-electron chi connectivity index (χ2n) is 5.69. The molecule has 1 unspecified atom stereocenters. The van der Waals surface area contributed by atoms with Gasteiger partial charge in [0.2, 0.25) is 5.91 Å². The van der Waals surface area contributed by atoms with Gasteiger partial charge in [-0.3, -0.25) is 4.79 Å². The molecule has 1 aliphatic rings. The van der Waals surface area contributed by atoms with E-state index in [2.05, 4.69) is 5.32 Å². The van der Waals surface area contributed by atoms with Crippen molar-refractivity contribution in [1.82, 2.24) is 5.32 Å². The molecule has 118 valence electrons. The first-order valence-corrected chi connectivity index (χ1v) is 6.84. The molecule has 21 heavy (non-hydrogen) atoms. The van der Waals surface area contributed by atoms with Crippen LogP contribution in [0.5, 0.6) is 11.5 Å². The number of halogens is 1. The zero-order chi connectivity index (χ0) is 14.8. The lowest BCUT2D eigenvalue weighted by Crippen LogP contribution is -2.42. The van der Waals surface area contributed by atoms with Crippen LogP contribution in [0.25, 0.3) is 0 Å². The third kappa shape index (κ3) is 4.02. The maximum absolute atomic E-state index is 12.1. The third-order valence-electron chi connectivity index (χ3n) is 3.54. The predicted molar refractivity (Wildman–Crippen MR) is 84.1 cm³/mol. The van der Waals surface area contributed by atoms with Crippen LogP contribution in [0.3, 0.4) is 0 Å². The van der Waals surface area contributed by atoms with E-state index in [1.54, 1.807) is 0 Å². The Morgan fingerprint density at radius 3 is 2.57 bits per heavy atom. The fourth-order valence-electron chi connectivity index (χ4n) is 1.90. The molecule has 3 N–H and O–H groups in total. The molecule has 0 fully saturated rings. The minimum Gasteiger partial charge on any atom is -0.486 e. The Hall–Kier alpha value is -1.46. The van der Waals surface area contributed by atoms with Gasteiger partial charge in [0.05, 0.1) is 11.5 Å². The zero-order valence-electron chi connectivity index (χ0n) is 12.6. The van der Waals surface area contributed by atoms with Gasteiger partial charge in [-0.05, 0) is 38.5 Å². The van der Waals surface area contributed by atoms with Crippen molar-refractivity contribution < 1.29 is 14.3 Å². The second-order valence-corrected chi connectivity index (χ2v) is 5.69. The minimum absolute atomic E-state index is 0. The highest BCUT2D eigenvalue weighted by molar-refractivity contribution is 5.85. The lowest BCUT2D eigenvalue weighted by molar-refractivity contribution is -0.129. The Labute approximate surface area is 131 Å². The van der Waals surface area contributed by atoms with E-state index in [0.29, 0.717) is 19.8 Å². The number of amides is 1. The quantitative estimate of drug-likeness (QED) is 0.892. The van der Waals surface area contributed by atoms with Crippen molar-refractivity contribution in [1.29, 1.82) is 0 Å². The van der Waals surface area contributed by atoms with E-state index in [9.17, 15) is 4.79 Å². The summed E-state index contributed by atoms with van der Waals surface area (Å²) in [5, 5.41) is 2.98. The van der Waals surface area contributed by atoms with Gasteiger partial charge in [-0.1, -0.05) is 6.07 Å². The van der Waals surface area contributed by atoms with E-state index in [-0.39, 0.29) is 24.4 Å². The number of carbonyl (C=O) groups excluding carboxylic acids is 1. The molecule has 6 heteroatoms. The van der Waals surface area contributed by atoms with Crippen molar-refractivity contribution >= 4 is 18.3 Å². The molecule has 0 radical (unpaired) electrons. The van der Waals surface area contributed by atoms with Crippen LogP contribution in [0.2, 0.25) is 0 Å². The summed E-state index contributed by atoms with van der Waals surface area (Å²) < 4.78 is 11.0. The molecule has 0 aromatic heterocycles. The highest BCUT2D eigenvalue weighted by Crippen LogP contribution is 2.32. The molecule has 0 spiro atoms. The number of rotatable bonds is 4. The molecule has 1 heterocycles. The molecule has 1 amide bonds. The topological polar surface area (TPSA) is 73.6 Å². The average Bonchev–Trinajstić information content (AvgIpc) is 2.46. The molecular weight excluding hydrogens is 292 g/mol. The SMILES string of the molecule is CC(NC(=O)C(C)(C)CN)c1ccc2c(c1)OCCO2.Cl. The zero-order valence-corrected chi connectivity index (χ0v) is 13.5. The molecule has 1 aromatic carbocycles. The summed E-state index contributed by atoms with van der Waals surface area (Å²) in [7, 11) is 0. The van der Waals surface area contributed by atoms with Gasteiger partial charge in [0.15, 0.2) is 11.5 Å². The van der Waals surface area contributed by atoms with E-state index in [4.69, 9.17) is 15.2 Å². The van der Waals surface area contributed by atoms with Crippen molar-refractivity contribution in [2.45, 2.75) is 26.8 Å². The van der Waals surface area contributed by atoms with Crippen LogP contribution in [-0.2, 0) is 4.79 Å². The van der Waals surface area contributed by atoms with E-state index >= 15 is 0 Å². The molecule has 1 aromatic rings. The highest BCUT2D eigenvalue weighted by Gasteiger charge is 2.27. The van der Waals surface area contributed by atoms with E-state index in [0.717, 1.165) is 17.1 Å². The molecule has 2 rings (SSSR count). The summed E-state index contributed by atoms with van der Waals surface area (Å²) in [5.74, 6) is 1.43. The van der Waals surface area contributed by atoms with Gasteiger partial charge in [0.25, 0.3) is 0 Å². The molecule has 0 saturated carbocycles. The summed E-state index contributed by atoms with van der Waals surface area (Å²) in [6.07, 6.45) is 0. The van der Waals surface area contributed by atoms with Crippen molar-refractivity contribution in [3.05, 3.63) is 23.8 Å². The molecule has 1 aliphatic heterocycles. The summed E-state index contributed by atoms with van der Waals surface area (Å²) in [4.78, 5) is 12.1. The maximum atomic E-state index is 12.1. The number of nitrogens with one attached hydrogen (secondary N) is 1. The van der Waals surface area contributed by atoms with Crippen molar-refractivity contribution in [3.8, 4) is 11.5 Å². The lowest BCUT2D eigenvalue weighted by atomic mass is 9.92. The number of ether oxygens (including phenoxy) is 2. The van der Waals surface area contributed by atoms with Crippen LogP contribution in [0.4, 0.5) is 0 Å². The lowest BCUT2D eigenvalue weighted by Gasteiger charge is -2.25. The predicted octanol–water partition coefficient (Wildman–Crippen LogP) is 2.04. The van der Waals surface area contributed by atoms with Crippen LogP contribution in [-0.4, -0.2) is 25.7 Å². The van der Waals surface area contributed by atoms with Crippen LogP contribution in [0, 0.1) is 5.41 Å². The number of carbonyl (C=O) groups is 1. The van der Waals surface area contributed by atoms with Gasteiger partial charge in [-0.2, -0.15) is 0 Å². The molecule has 0 bridgehead atoms. The molecule has 0 saturated heterocycles. The Morgan fingerprint density at radius 1 is 1.33 bits per heavy atom. The Balaban J connectivity index is 0.00000220. The van der Waals surface area contributed by atoms with Crippen LogP contribution in [0.1, 0.15) is 32.4 Å². The number of hydrogen-bond acceptors (Lipinski definition) is 4. The van der Waals surface area contributed by atoms with E-state index < -0.39 is 5.41 Å². The average molecular weight is 315 g/mol. The van der Waals surface area contributed by atoms with Crippen molar-refractivity contribution in [3.63, 3.8) is 0 Å². The van der Waals surface area contributed by atoms with E-state index in [1.165, 1.54) is 0 Å². The number of benzene rings is 1. The Morgan fingerprint density at radius 2 is 1.95 bits per heavy atom. The number of fused-ring (bicyclic) bond motifs is 1. The number of hydrogen-bond donors (Lipinski definition) is 2. The molecule has 1 atom stereocenters. The van der Waals surface area contributed by atoms with Gasteiger partial charge in [-0.25, -0.2) is 0 Å². The monoisotopic (exact) mass is 314 g/mol. The first-order valence-electron chi connectivity index (χ1n) is 6.84. The van der Waals surface area contributed by atoms with Gasteiger partial charge < -0.3 is 20.5 Å². The summed E-state index contributed by atoms with van der Waals surface area (Å²) in [6.45, 7) is 7.04. The Kier molecular flexibility index (Phi) is 5.87. The molecular formula is C15H23ClN2O3. The van der Waals surface area contributed by atoms with Gasteiger partial charge in [-0.15, -0.1) is 12.4 Å². The minimum atomic E-state index is -0.567. The molecule has 5 nitrogen and oxygen atoms in total. The normalized spacial score (nSPS) is 14.9. The third-order valence-corrected chi connectivity index (χ3v) is 3.54. The first-order chi connectivity index (χ1) is 9.44. The van der Waals surface area contributed by atoms with Crippen molar-refractivity contribution in [2.24, 2.45) is 11.1 Å². The summed E-state index contributed by atoms with van der Waals surface area (Å²) in [6, 6.07) is 5.62. The first kappa shape index (κ1) is 17.6. The van der Waals surface area contributed by atoms with Crippen LogP contribution >= 0.6 is 12.4 Å². The maximum Gasteiger partial charge on any atom is 0.227 e. The second kappa shape index (κ2) is 7.00. The largest absolute Gasteiger partial charge is 0.486 e. The van der Waals surface area contributed by atoms with Crippen LogP contribution < -0.4 is 20.5 Å². The fraction of sp³-hybridized carbons (Fsp3) is 0.533. The standard InChI is InChI=1S/C15H22N2O3.ClH/c1-10(17-14(18)15(2,3)9-16)11-4-5-12-13(8-11)20-7-6-19-12;/h4-5,8,10H,6-7,9,16H2,1-3H3,(H,17,18);1H. The summed E-state index contributed by atoms with van der Waals surface area (Å²) >= 11 is 0. The van der Waals surface area contributed by atoms with Gasteiger partial charge in [0.1, 0.15) is 13.2 Å². The van der Waals surface area contributed by atoms with Gasteiger partial charge in [0, 0.05) is 6.54 Å². The fourth-order valence-corrected chi connectivity index (χ4v) is 1.90. The molecule has 0 aliphatic carbocycles. The van der Waals surface area contributed by atoms with E-state index in [1.807, 2.05) is 39.0 Å². The smallest absolute Gasteiger partial charge is 0.227 e. The Bertz CT molecular complexity index is 506. The highest BCUT2D eigenvalue weighted by atomic mass is 35.5. The van der Waals surface area contributed by atoms with Crippen LogP contribution in [0.15, 0.2) is 18.2 Å². The van der Waals surface area contributed by atoms with Gasteiger partial charge >= 0.3 is 0 Å². The summed E-state index contributed by atoms with van der Waals surface area (Å²) in [5.41, 5.74) is 6.03.